The molecule has 0 saturated carbocycles. The van der Waals surface area contributed by atoms with Crippen molar-refractivity contribution in [3.63, 3.8) is 0 Å². The number of benzene rings is 4. The SMILES string of the molecule is CCc1ccccc1-c1cc(O)c(OC)cc1C1Nc2ccc(CN)cc2C2c3ccccc3CC12. The Morgan fingerprint density at radius 3 is 2.53 bits per heavy atom. The normalized spacial score (nSPS) is 19.7. The van der Waals surface area contributed by atoms with Crippen molar-refractivity contribution in [1.82, 2.24) is 0 Å². The number of nitrogens with two attached hydrogens (primary N) is 1. The van der Waals surface area contributed by atoms with E-state index in [1.807, 2.05) is 12.1 Å². The summed E-state index contributed by atoms with van der Waals surface area (Å²) in [7, 11) is 1.62. The number of aryl methyl sites for hydroxylation is 1. The molecule has 0 radical (unpaired) electrons. The van der Waals surface area contributed by atoms with Gasteiger partial charge in [-0.1, -0.05) is 67.6 Å². The molecule has 182 valence electrons. The maximum absolute atomic E-state index is 10.8. The second-order valence-electron chi connectivity index (χ2n) is 9.91. The average Bonchev–Trinajstić information content (AvgIpc) is 3.32. The van der Waals surface area contributed by atoms with Crippen LogP contribution >= 0.6 is 0 Å². The molecule has 0 fully saturated rings. The van der Waals surface area contributed by atoms with E-state index in [2.05, 4.69) is 79.0 Å². The Morgan fingerprint density at radius 1 is 0.917 bits per heavy atom. The molecule has 4 aromatic rings. The van der Waals surface area contributed by atoms with Crippen molar-refractivity contribution in [2.24, 2.45) is 11.7 Å². The number of rotatable bonds is 5. The molecule has 0 spiro atoms. The van der Waals surface area contributed by atoms with Gasteiger partial charge in [0.1, 0.15) is 0 Å². The van der Waals surface area contributed by atoms with Crippen molar-refractivity contribution in [2.75, 3.05) is 12.4 Å². The van der Waals surface area contributed by atoms with Gasteiger partial charge in [0, 0.05) is 18.2 Å². The number of phenols is 1. The smallest absolute Gasteiger partial charge is 0.160 e. The number of hydrogen-bond donors (Lipinski definition) is 3. The fraction of sp³-hybridized carbons (Fsp3) is 0.250. The summed E-state index contributed by atoms with van der Waals surface area (Å²) >= 11 is 0. The highest BCUT2D eigenvalue weighted by Crippen LogP contribution is 2.55. The van der Waals surface area contributed by atoms with Gasteiger partial charge < -0.3 is 20.9 Å². The number of aromatic hydroxyl groups is 1. The quantitative estimate of drug-likeness (QED) is 0.305. The molecular formula is C32H32N2O2. The third-order valence-electron chi connectivity index (χ3n) is 8.07. The van der Waals surface area contributed by atoms with Gasteiger partial charge >= 0.3 is 0 Å². The maximum atomic E-state index is 10.8. The Bertz CT molecular complexity index is 1440. The number of fused-ring (bicyclic) bond motifs is 5. The third-order valence-corrected chi connectivity index (χ3v) is 8.07. The minimum atomic E-state index is 0.0491. The van der Waals surface area contributed by atoms with Crippen LogP contribution in [0.3, 0.4) is 0 Å². The second-order valence-corrected chi connectivity index (χ2v) is 9.91. The Balaban J connectivity index is 1.58. The molecule has 0 amide bonds. The predicted molar refractivity (Wildman–Crippen MR) is 146 cm³/mol. The number of methoxy groups -OCH3 is 1. The van der Waals surface area contributed by atoms with Crippen LogP contribution in [0.15, 0.2) is 78.9 Å². The predicted octanol–water partition coefficient (Wildman–Crippen LogP) is 6.56. The second kappa shape index (κ2) is 9.03. The van der Waals surface area contributed by atoms with Gasteiger partial charge in [0.25, 0.3) is 0 Å². The topological polar surface area (TPSA) is 67.5 Å². The molecule has 0 aromatic heterocycles. The standard InChI is InChI=1S/C32H32N2O2/c1-3-20-8-4-6-10-22(20)24-16-29(35)30(36-2)17-25(24)32-27-15-21-9-5-7-11-23(21)31(27)26-14-19(18-33)12-13-28(26)34-32/h4-14,16-17,27,31-32,34-35H,3,15,18,33H2,1-2H3. The molecule has 0 bridgehead atoms. The summed E-state index contributed by atoms with van der Waals surface area (Å²) in [5.41, 5.74) is 17.1. The molecule has 2 aliphatic rings. The molecule has 1 aliphatic heterocycles. The minimum absolute atomic E-state index is 0.0491. The number of hydrogen-bond acceptors (Lipinski definition) is 4. The fourth-order valence-corrected chi connectivity index (χ4v) is 6.37. The van der Waals surface area contributed by atoms with Crippen LogP contribution in [-0.4, -0.2) is 12.2 Å². The first-order valence-corrected chi connectivity index (χ1v) is 12.8. The highest BCUT2D eigenvalue weighted by molar-refractivity contribution is 5.76. The van der Waals surface area contributed by atoms with Crippen LogP contribution in [0.2, 0.25) is 0 Å². The number of nitrogens with one attached hydrogen (secondary N) is 1. The molecule has 0 saturated heterocycles. The van der Waals surface area contributed by atoms with Crippen LogP contribution in [-0.2, 0) is 19.4 Å². The third kappa shape index (κ3) is 3.56. The highest BCUT2D eigenvalue weighted by atomic mass is 16.5. The summed E-state index contributed by atoms with van der Waals surface area (Å²) < 4.78 is 5.61. The van der Waals surface area contributed by atoms with Crippen molar-refractivity contribution >= 4 is 5.69 Å². The molecule has 36 heavy (non-hydrogen) atoms. The number of anilines is 1. The first kappa shape index (κ1) is 22.7. The molecule has 3 unspecified atom stereocenters. The lowest BCUT2D eigenvalue weighted by molar-refractivity contribution is 0.370. The lowest BCUT2D eigenvalue weighted by Gasteiger charge is -2.39. The Kier molecular flexibility index (Phi) is 5.69. The molecule has 3 atom stereocenters. The van der Waals surface area contributed by atoms with E-state index >= 15 is 0 Å². The van der Waals surface area contributed by atoms with E-state index in [9.17, 15) is 5.11 Å². The van der Waals surface area contributed by atoms with Crippen LogP contribution in [0.1, 0.15) is 52.3 Å². The summed E-state index contributed by atoms with van der Waals surface area (Å²) in [4.78, 5) is 0. The molecule has 1 heterocycles. The minimum Gasteiger partial charge on any atom is -0.504 e. The molecule has 1 aliphatic carbocycles. The summed E-state index contributed by atoms with van der Waals surface area (Å²) in [6, 6.07) is 27.9. The molecule has 4 nitrogen and oxygen atoms in total. The van der Waals surface area contributed by atoms with E-state index in [4.69, 9.17) is 10.5 Å². The molecule has 4 aromatic carbocycles. The Labute approximate surface area is 212 Å². The lowest BCUT2D eigenvalue weighted by Crippen LogP contribution is -2.31. The zero-order valence-corrected chi connectivity index (χ0v) is 20.8. The molecular weight excluding hydrogens is 444 g/mol. The fourth-order valence-electron chi connectivity index (χ4n) is 6.37. The van der Waals surface area contributed by atoms with Crippen molar-refractivity contribution in [3.05, 3.63) is 112 Å². The van der Waals surface area contributed by atoms with E-state index in [1.54, 1.807) is 7.11 Å². The van der Waals surface area contributed by atoms with Gasteiger partial charge in [-0.2, -0.15) is 0 Å². The van der Waals surface area contributed by atoms with Crippen LogP contribution in [0.5, 0.6) is 11.5 Å². The van der Waals surface area contributed by atoms with Crippen LogP contribution < -0.4 is 15.8 Å². The lowest BCUT2D eigenvalue weighted by atomic mass is 9.74. The Morgan fingerprint density at radius 2 is 1.72 bits per heavy atom. The summed E-state index contributed by atoms with van der Waals surface area (Å²) in [6.07, 6.45) is 1.91. The van der Waals surface area contributed by atoms with E-state index in [0.717, 1.165) is 40.8 Å². The summed E-state index contributed by atoms with van der Waals surface area (Å²) in [6.45, 7) is 2.71. The van der Waals surface area contributed by atoms with E-state index in [-0.39, 0.29) is 17.7 Å². The average molecular weight is 477 g/mol. The van der Waals surface area contributed by atoms with Crippen LogP contribution in [0.4, 0.5) is 5.69 Å². The molecule has 6 rings (SSSR count). The zero-order chi connectivity index (χ0) is 24.8. The summed E-state index contributed by atoms with van der Waals surface area (Å²) in [5, 5.41) is 14.7. The number of ether oxygens (including phenoxy) is 1. The van der Waals surface area contributed by atoms with Gasteiger partial charge in [0.15, 0.2) is 11.5 Å². The van der Waals surface area contributed by atoms with Crippen molar-refractivity contribution in [1.29, 1.82) is 0 Å². The van der Waals surface area contributed by atoms with Gasteiger partial charge in [0.2, 0.25) is 0 Å². The summed E-state index contributed by atoms with van der Waals surface area (Å²) in [5.74, 6) is 1.27. The van der Waals surface area contributed by atoms with E-state index in [0.29, 0.717) is 18.2 Å². The highest BCUT2D eigenvalue weighted by Gasteiger charge is 2.44. The van der Waals surface area contributed by atoms with Gasteiger partial charge in [-0.3, -0.25) is 0 Å². The number of phenolic OH excluding ortho intramolecular Hbond substituents is 1. The van der Waals surface area contributed by atoms with Gasteiger partial charge in [-0.15, -0.1) is 0 Å². The first-order valence-electron chi connectivity index (χ1n) is 12.8. The van der Waals surface area contributed by atoms with Crippen molar-refractivity contribution in [3.8, 4) is 22.6 Å². The van der Waals surface area contributed by atoms with Crippen LogP contribution in [0.25, 0.3) is 11.1 Å². The monoisotopic (exact) mass is 476 g/mol. The maximum Gasteiger partial charge on any atom is 0.160 e. The van der Waals surface area contributed by atoms with Crippen molar-refractivity contribution < 1.29 is 9.84 Å². The van der Waals surface area contributed by atoms with E-state index in [1.165, 1.54) is 22.3 Å². The van der Waals surface area contributed by atoms with Crippen molar-refractivity contribution in [2.45, 2.75) is 38.3 Å². The largest absolute Gasteiger partial charge is 0.504 e. The Hall–Kier alpha value is -3.76. The first-order chi connectivity index (χ1) is 17.6. The van der Waals surface area contributed by atoms with Crippen LogP contribution in [0, 0.1) is 5.92 Å². The van der Waals surface area contributed by atoms with Gasteiger partial charge in [-0.05, 0) is 81.5 Å². The van der Waals surface area contributed by atoms with Gasteiger partial charge in [0.05, 0.1) is 13.2 Å². The van der Waals surface area contributed by atoms with E-state index < -0.39 is 0 Å². The van der Waals surface area contributed by atoms with Gasteiger partial charge in [-0.25, -0.2) is 0 Å². The molecule has 4 heteroatoms. The zero-order valence-electron chi connectivity index (χ0n) is 20.8. The molecule has 4 N–H and O–H groups in total.